The van der Waals surface area contributed by atoms with Gasteiger partial charge in [-0.15, -0.1) is 0 Å². The fourth-order valence-electron chi connectivity index (χ4n) is 1.96. The lowest BCUT2D eigenvalue weighted by atomic mass is 9.91. The molecule has 0 spiro atoms. The van der Waals surface area contributed by atoms with Gasteiger partial charge in [-0.2, -0.15) is 0 Å². The predicted molar refractivity (Wildman–Crippen MR) is 54.0 cm³/mol. The molecule has 0 radical (unpaired) electrons. The maximum absolute atomic E-state index is 13.0. The van der Waals surface area contributed by atoms with Gasteiger partial charge in [0, 0.05) is 5.92 Å². The van der Waals surface area contributed by atoms with E-state index in [0.29, 0.717) is 6.61 Å². The highest BCUT2D eigenvalue weighted by Gasteiger charge is 2.25. The molecule has 1 heterocycles. The molecule has 0 saturated carbocycles. The van der Waals surface area contributed by atoms with E-state index < -0.39 is 0 Å². The Morgan fingerprint density at radius 2 is 2.40 bits per heavy atom. The molecule has 0 N–H and O–H groups in total. The smallest absolute Gasteiger partial charge is 0.125 e. The van der Waals surface area contributed by atoms with Crippen LogP contribution in [0.25, 0.3) is 0 Å². The van der Waals surface area contributed by atoms with Crippen LogP contribution in [-0.4, -0.2) is 12.9 Å². The summed E-state index contributed by atoms with van der Waals surface area (Å²) < 4.78 is 18.5. The van der Waals surface area contributed by atoms with Crippen LogP contribution in [0.3, 0.4) is 0 Å². The normalized spacial score (nSPS) is 21.9. The topological polar surface area (TPSA) is 26.3 Å². The first kappa shape index (κ1) is 10.3. The van der Waals surface area contributed by atoms with E-state index in [9.17, 15) is 9.18 Å². The zero-order chi connectivity index (χ0) is 10.8. The van der Waals surface area contributed by atoms with Crippen molar-refractivity contribution in [1.29, 1.82) is 0 Å². The summed E-state index contributed by atoms with van der Waals surface area (Å²) in [4.78, 5) is 10.7. The molecule has 0 saturated heterocycles. The number of fused-ring (bicyclic) bond motifs is 1. The molecule has 1 aliphatic heterocycles. The van der Waals surface area contributed by atoms with Crippen molar-refractivity contribution < 1.29 is 13.9 Å². The number of rotatable bonds is 2. The van der Waals surface area contributed by atoms with Crippen molar-refractivity contribution in [2.24, 2.45) is 5.92 Å². The van der Waals surface area contributed by atoms with Crippen molar-refractivity contribution in [2.45, 2.75) is 19.4 Å². The van der Waals surface area contributed by atoms with E-state index in [1.165, 1.54) is 12.1 Å². The number of carbonyl (C=O) groups excluding carboxylic acids is 1. The average molecular weight is 208 g/mol. The van der Waals surface area contributed by atoms with E-state index in [-0.39, 0.29) is 17.8 Å². The number of hydrogen-bond donors (Lipinski definition) is 0. The molecule has 3 heteroatoms. The molecule has 2 rings (SSSR count). The van der Waals surface area contributed by atoms with E-state index in [4.69, 9.17) is 4.74 Å². The lowest BCUT2D eigenvalue weighted by Crippen LogP contribution is -2.22. The van der Waals surface area contributed by atoms with Crippen LogP contribution in [0.4, 0.5) is 4.39 Å². The Morgan fingerprint density at radius 3 is 3.13 bits per heavy atom. The van der Waals surface area contributed by atoms with Crippen molar-refractivity contribution in [1.82, 2.24) is 0 Å². The second kappa shape index (κ2) is 4.11. The van der Waals surface area contributed by atoms with Gasteiger partial charge in [-0.3, -0.25) is 0 Å². The van der Waals surface area contributed by atoms with Crippen LogP contribution in [0.2, 0.25) is 0 Å². The molecule has 0 fully saturated rings. The Labute approximate surface area is 88.1 Å². The Morgan fingerprint density at radius 1 is 1.60 bits per heavy atom. The fourth-order valence-corrected chi connectivity index (χ4v) is 1.96. The second-order valence-corrected chi connectivity index (χ2v) is 3.88. The van der Waals surface area contributed by atoms with Gasteiger partial charge in [-0.25, -0.2) is 4.39 Å². The number of aldehydes is 1. The van der Waals surface area contributed by atoms with Gasteiger partial charge in [0.2, 0.25) is 0 Å². The highest BCUT2D eigenvalue weighted by molar-refractivity contribution is 5.55. The number of hydrogen-bond acceptors (Lipinski definition) is 2. The second-order valence-electron chi connectivity index (χ2n) is 3.88. The Hall–Kier alpha value is -1.22. The number of benzene rings is 1. The first-order chi connectivity index (χ1) is 7.22. The van der Waals surface area contributed by atoms with Gasteiger partial charge in [0.05, 0.1) is 12.7 Å². The van der Waals surface area contributed by atoms with Gasteiger partial charge in [0.15, 0.2) is 0 Å². The molecule has 1 aromatic carbocycles. The van der Waals surface area contributed by atoms with E-state index >= 15 is 0 Å². The maximum Gasteiger partial charge on any atom is 0.125 e. The molecule has 80 valence electrons. The van der Waals surface area contributed by atoms with E-state index in [0.717, 1.165) is 23.8 Å². The Kier molecular flexibility index (Phi) is 2.82. The van der Waals surface area contributed by atoms with Gasteiger partial charge >= 0.3 is 0 Å². The summed E-state index contributed by atoms with van der Waals surface area (Å²) in [6, 6.07) is 4.66. The summed E-state index contributed by atoms with van der Waals surface area (Å²) in [7, 11) is 0. The minimum absolute atomic E-state index is 0.186. The van der Waals surface area contributed by atoms with Gasteiger partial charge in [-0.05, 0) is 29.7 Å². The van der Waals surface area contributed by atoms with Crippen LogP contribution >= 0.6 is 0 Å². The Bertz CT molecular complexity index is 376. The van der Waals surface area contributed by atoms with Gasteiger partial charge in [-0.1, -0.05) is 13.0 Å². The van der Waals surface area contributed by atoms with E-state index in [1.54, 1.807) is 6.07 Å². The molecular weight excluding hydrogens is 195 g/mol. The molecule has 1 aromatic rings. The highest BCUT2D eigenvalue weighted by atomic mass is 19.1. The molecule has 0 amide bonds. The fraction of sp³-hybridized carbons (Fsp3) is 0.417. The molecule has 0 aliphatic carbocycles. The summed E-state index contributed by atoms with van der Waals surface area (Å²) in [5, 5.41) is 0. The summed E-state index contributed by atoms with van der Waals surface area (Å²) in [5.74, 6) is -0.414. The van der Waals surface area contributed by atoms with Crippen LogP contribution in [0.1, 0.15) is 24.2 Å². The minimum Gasteiger partial charge on any atom is -0.372 e. The third-order valence-electron chi connectivity index (χ3n) is 2.77. The maximum atomic E-state index is 13.0. The van der Waals surface area contributed by atoms with Crippen LogP contribution < -0.4 is 0 Å². The third-order valence-corrected chi connectivity index (χ3v) is 2.77. The first-order valence-electron chi connectivity index (χ1n) is 5.07. The SMILES string of the molecule is CC(C=O)C1OCCc2cc(F)ccc21. The molecule has 15 heavy (non-hydrogen) atoms. The predicted octanol–water partition coefficient (Wildman–Crippen LogP) is 2.27. The summed E-state index contributed by atoms with van der Waals surface area (Å²) in [6.45, 7) is 2.37. The zero-order valence-electron chi connectivity index (χ0n) is 8.57. The highest BCUT2D eigenvalue weighted by Crippen LogP contribution is 2.32. The van der Waals surface area contributed by atoms with Crippen molar-refractivity contribution in [3.8, 4) is 0 Å². The van der Waals surface area contributed by atoms with Gasteiger partial charge in [0.1, 0.15) is 12.1 Å². The third kappa shape index (κ3) is 1.92. The van der Waals surface area contributed by atoms with Crippen molar-refractivity contribution in [2.75, 3.05) is 6.61 Å². The number of carbonyl (C=O) groups is 1. The van der Waals surface area contributed by atoms with Crippen molar-refractivity contribution >= 4 is 6.29 Å². The largest absolute Gasteiger partial charge is 0.372 e. The van der Waals surface area contributed by atoms with E-state index in [2.05, 4.69) is 0 Å². The average Bonchev–Trinajstić information content (AvgIpc) is 2.26. The van der Waals surface area contributed by atoms with Crippen LogP contribution in [-0.2, 0) is 16.0 Å². The molecule has 2 nitrogen and oxygen atoms in total. The molecule has 0 bridgehead atoms. The quantitative estimate of drug-likeness (QED) is 0.697. The Balaban J connectivity index is 2.38. The minimum atomic E-state index is -0.229. The molecule has 2 unspecified atom stereocenters. The van der Waals surface area contributed by atoms with Crippen LogP contribution in [0.15, 0.2) is 18.2 Å². The van der Waals surface area contributed by atoms with Crippen LogP contribution in [0, 0.1) is 11.7 Å². The number of ether oxygens (including phenoxy) is 1. The molecular formula is C12H13FO2. The van der Waals surface area contributed by atoms with Crippen LogP contribution in [0.5, 0.6) is 0 Å². The molecule has 0 aromatic heterocycles. The lowest BCUT2D eigenvalue weighted by Gasteiger charge is -2.28. The van der Waals surface area contributed by atoms with Gasteiger partial charge < -0.3 is 9.53 Å². The summed E-state index contributed by atoms with van der Waals surface area (Å²) >= 11 is 0. The van der Waals surface area contributed by atoms with Crippen molar-refractivity contribution in [3.63, 3.8) is 0 Å². The van der Waals surface area contributed by atoms with Gasteiger partial charge in [0.25, 0.3) is 0 Å². The first-order valence-corrected chi connectivity index (χ1v) is 5.07. The standard InChI is InChI=1S/C12H13FO2/c1-8(7-14)12-11-3-2-10(13)6-9(11)4-5-15-12/h2-3,6-8,12H,4-5H2,1H3. The lowest BCUT2D eigenvalue weighted by molar-refractivity contribution is -0.116. The number of halogens is 1. The van der Waals surface area contributed by atoms with E-state index in [1.807, 2.05) is 6.92 Å². The zero-order valence-corrected chi connectivity index (χ0v) is 8.57. The van der Waals surface area contributed by atoms with Crippen molar-refractivity contribution in [3.05, 3.63) is 35.1 Å². The molecule has 2 atom stereocenters. The summed E-state index contributed by atoms with van der Waals surface area (Å²) in [6.07, 6.45) is 1.38. The summed E-state index contributed by atoms with van der Waals surface area (Å²) in [5.41, 5.74) is 1.90. The monoisotopic (exact) mass is 208 g/mol. The molecule has 1 aliphatic rings.